The van der Waals surface area contributed by atoms with Crippen molar-refractivity contribution in [2.45, 2.75) is 34.1 Å². The Kier molecular flexibility index (Phi) is 5.01. The Balaban J connectivity index is 2.96. The number of esters is 1. The first-order chi connectivity index (χ1) is 8.10. The molecule has 0 heterocycles. The second kappa shape index (κ2) is 6.28. The molecule has 0 spiro atoms. The molecule has 0 saturated carbocycles. The fourth-order valence-electron chi connectivity index (χ4n) is 1.71. The fourth-order valence-corrected chi connectivity index (χ4v) is 1.71. The van der Waals surface area contributed by atoms with Crippen molar-refractivity contribution in [3.63, 3.8) is 0 Å². The third-order valence-corrected chi connectivity index (χ3v) is 2.42. The smallest absolute Gasteiger partial charge is 0.338 e. The van der Waals surface area contributed by atoms with Gasteiger partial charge in [-0.1, -0.05) is 6.92 Å². The molecule has 0 aliphatic carbocycles. The number of rotatable bonds is 5. The molecule has 0 aromatic heterocycles. The van der Waals surface area contributed by atoms with E-state index in [1.807, 2.05) is 26.0 Å². The Labute approximate surface area is 103 Å². The summed E-state index contributed by atoms with van der Waals surface area (Å²) in [5, 5.41) is 0. The van der Waals surface area contributed by atoms with Gasteiger partial charge in [0.1, 0.15) is 5.75 Å². The summed E-state index contributed by atoms with van der Waals surface area (Å²) in [6, 6.07) is 3.63. The Hall–Kier alpha value is -1.51. The summed E-state index contributed by atoms with van der Waals surface area (Å²) in [6.45, 7) is 8.85. The number of ether oxygens (including phenoxy) is 2. The van der Waals surface area contributed by atoms with Crippen LogP contribution < -0.4 is 4.74 Å². The van der Waals surface area contributed by atoms with Crippen molar-refractivity contribution >= 4 is 5.97 Å². The summed E-state index contributed by atoms with van der Waals surface area (Å²) in [6.07, 6.45) is 0.971. The van der Waals surface area contributed by atoms with Crippen LogP contribution in [0.15, 0.2) is 12.1 Å². The van der Waals surface area contributed by atoms with Gasteiger partial charge in [-0.25, -0.2) is 4.79 Å². The zero-order valence-corrected chi connectivity index (χ0v) is 11.0. The van der Waals surface area contributed by atoms with Crippen molar-refractivity contribution in [2.24, 2.45) is 0 Å². The molecular formula is C14H20O3. The van der Waals surface area contributed by atoms with E-state index in [-0.39, 0.29) is 5.97 Å². The maximum Gasteiger partial charge on any atom is 0.338 e. The molecule has 0 saturated heterocycles. The largest absolute Gasteiger partial charge is 0.493 e. The SMILES string of the molecule is CCCOc1c(C)cc(C(=O)OCC)cc1C. The molecule has 0 atom stereocenters. The maximum absolute atomic E-state index is 11.6. The molecule has 0 fully saturated rings. The van der Waals surface area contributed by atoms with Crippen LogP contribution in [0.1, 0.15) is 41.8 Å². The van der Waals surface area contributed by atoms with Gasteiger partial charge in [-0.3, -0.25) is 0 Å². The molecule has 94 valence electrons. The minimum absolute atomic E-state index is 0.277. The summed E-state index contributed by atoms with van der Waals surface area (Å²) in [5.74, 6) is 0.598. The van der Waals surface area contributed by atoms with E-state index in [0.717, 1.165) is 23.3 Å². The molecule has 0 radical (unpaired) electrons. The predicted molar refractivity (Wildman–Crippen MR) is 67.7 cm³/mol. The Bertz CT molecular complexity index is 373. The first kappa shape index (κ1) is 13.6. The third-order valence-electron chi connectivity index (χ3n) is 2.42. The number of hydrogen-bond acceptors (Lipinski definition) is 3. The van der Waals surface area contributed by atoms with E-state index in [0.29, 0.717) is 18.8 Å². The van der Waals surface area contributed by atoms with Crippen LogP contribution in [0.2, 0.25) is 0 Å². The topological polar surface area (TPSA) is 35.5 Å². The fraction of sp³-hybridized carbons (Fsp3) is 0.500. The summed E-state index contributed by atoms with van der Waals surface area (Å²) in [5.41, 5.74) is 2.54. The van der Waals surface area contributed by atoms with Crippen molar-refractivity contribution in [3.8, 4) is 5.75 Å². The molecule has 17 heavy (non-hydrogen) atoms. The van der Waals surface area contributed by atoms with E-state index in [1.54, 1.807) is 6.92 Å². The number of aryl methyl sites for hydroxylation is 2. The van der Waals surface area contributed by atoms with Crippen LogP contribution in [0, 0.1) is 13.8 Å². The van der Waals surface area contributed by atoms with Crippen LogP contribution >= 0.6 is 0 Å². The van der Waals surface area contributed by atoms with Gasteiger partial charge in [-0.2, -0.15) is 0 Å². The van der Waals surface area contributed by atoms with E-state index >= 15 is 0 Å². The quantitative estimate of drug-likeness (QED) is 0.736. The molecule has 1 aromatic rings. The predicted octanol–water partition coefficient (Wildman–Crippen LogP) is 3.27. The highest BCUT2D eigenvalue weighted by molar-refractivity contribution is 5.90. The van der Waals surface area contributed by atoms with Crippen molar-refractivity contribution in [3.05, 3.63) is 28.8 Å². The number of hydrogen-bond donors (Lipinski definition) is 0. The van der Waals surface area contributed by atoms with Gasteiger partial charge >= 0.3 is 5.97 Å². The van der Waals surface area contributed by atoms with Gasteiger partial charge in [0.15, 0.2) is 0 Å². The van der Waals surface area contributed by atoms with Gasteiger partial charge in [0.2, 0.25) is 0 Å². The van der Waals surface area contributed by atoms with E-state index in [4.69, 9.17) is 9.47 Å². The van der Waals surface area contributed by atoms with Crippen molar-refractivity contribution in [2.75, 3.05) is 13.2 Å². The van der Waals surface area contributed by atoms with Gasteiger partial charge in [0.05, 0.1) is 18.8 Å². The highest BCUT2D eigenvalue weighted by Crippen LogP contribution is 2.25. The Morgan fingerprint density at radius 3 is 2.24 bits per heavy atom. The average molecular weight is 236 g/mol. The lowest BCUT2D eigenvalue weighted by molar-refractivity contribution is 0.0526. The molecule has 3 nitrogen and oxygen atoms in total. The van der Waals surface area contributed by atoms with Gasteiger partial charge in [-0.05, 0) is 50.5 Å². The summed E-state index contributed by atoms with van der Waals surface area (Å²) >= 11 is 0. The van der Waals surface area contributed by atoms with Crippen molar-refractivity contribution in [1.29, 1.82) is 0 Å². The van der Waals surface area contributed by atoms with Crippen LogP contribution in [0.4, 0.5) is 0 Å². The molecule has 0 bridgehead atoms. The number of carbonyl (C=O) groups excluding carboxylic acids is 1. The lowest BCUT2D eigenvalue weighted by Gasteiger charge is -2.13. The van der Waals surface area contributed by atoms with Crippen molar-refractivity contribution < 1.29 is 14.3 Å². The molecule has 1 aromatic carbocycles. The highest BCUT2D eigenvalue weighted by Gasteiger charge is 2.12. The van der Waals surface area contributed by atoms with Gasteiger partial charge in [0, 0.05) is 0 Å². The minimum atomic E-state index is -0.277. The van der Waals surface area contributed by atoms with Crippen molar-refractivity contribution in [1.82, 2.24) is 0 Å². The zero-order valence-electron chi connectivity index (χ0n) is 11.0. The second-order valence-corrected chi connectivity index (χ2v) is 4.01. The molecule has 0 aliphatic heterocycles. The standard InChI is InChI=1S/C14H20O3/c1-5-7-17-13-10(3)8-12(9-11(13)4)14(15)16-6-2/h8-9H,5-7H2,1-4H3. The Morgan fingerprint density at radius 2 is 1.76 bits per heavy atom. The van der Waals surface area contributed by atoms with E-state index < -0.39 is 0 Å². The van der Waals surface area contributed by atoms with Gasteiger partial charge < -0.3 is 9.47 Å². The zero-order chi connectivity index (χ0) is 12.8. The molecule has 1 rings (SSSR count). The molecular weight excluding hydrogens is 216 g/mol. The first-order valence-electron chi connectivity index (χ1n) is 6.01. The van der Waals surface area contributed by atoms with Crippen LogP contribution in [0.3, 0.4) is 0 Å². The van der Waals surface area contributed by atoms with E-state index in [1.165, 1.54) is 0 Å². The maximum atomic E-state index is 11.6. The van der Waals surface area contributed by atoms with Gasteiger partial charge in [-0.15, -0.1) is 0 Å². The minimum Gasteiger partial charge on any atom is -0.493 e. The van der Waals surface area contributed by atoms with Crippen LogP contribution in [0.5, 0.6) is 5.75 Å². The highest BCUT2D eigenvalue weighted by atomic mass is 16.5. The van der Waals surface area contributed by atoms with Crippen LogP contribution in [-0.2, 0) is 4.74 Å². The summed E-state index contributed by atoms with van der Waals surface area (Å²) in [7, 11) is 0. The number of benzene rings is 1. The second-order valence-electron chi connectivity index (χ2n) is 4.01. The average Bonchev–Trinajstić information content (AvgIpc) is 2.28. The monoisotopic (exact) mass is 236 g/mol. The van der Waals surface area contributed by atoms with Crippen LogP contribution in [-0.4, -0.2) is 19.2 Å². The molecule has 0 aliphatic rings. The lowest BCUT2D eigenvalue weighted by atomic mass is 10.1. The molecule has 3 heteroatoms. The third kappa shape index (κ3) is 3.48. The summed E-state index contributed by atoms with van der Waals surface area (Å²) < 4.78 is 10.6. The molecule has 0 amide bonds. The lowest BCUT2D eigenvalue weighted by Crippen LogP contribution is -2.07. The Morgan fingerprint density at radius 1 is 1.18 bits per heavy atom. The summed E-state index contributed by atoms with van der Waals surface area (Å²) in [4.78, 5) is 11.6. The van der Waals surface area contributed by atoms with Crippen LogP contribution in [0.25, 0.3) is 0 Å². The van der Waals surface area contributed by atoms with E-state index in [2.05, 4.69) is 6.92 Å². The molecule has 0 unspecified atom stereocenters. The number of carbonyl (C=O) groups is 1. The van der Waals surface area contributed by atoms with Gasteiger partial charge in [0.25, 0.3) is 0 Å². The molecule has 0 N–H and O–H groups in total. The van der Waals surface area contributed by atoms with E-state index in [9.17, 15) is 4.79 Å². The first-order valence-corrected chi connectivity index (χ1v) is 6.01. The normalized spacial score (nSPS) is 10.1.